The van der Waals surface area contributed by atoms with E-state index in [0.717, 1.165) is 0 Å². The van der Waals surface area contributed by atoms with E-state index in [0.29, 0.717) is 11.4 Å². The molecular weight excluding hydrogens is 334 g/mol. The zero-order valence-electron chi connectivity index (χ0n) is 14.2. The van der Waals surface area contributed by atoms with Gasteiger partial charge in [0, 0.05) is 18.3 Å². The lowest BCUT2D eigenvalue weighted by atomic mass is 10.1. The highest BCUT2D eigenvalue weighted by atomic mass is 16.4. The van der Waals surface area contributed by atoms with E-state index < -0.39 is 11.8 Å². The molecule has 1 N–H and O–H groups in total. The molecule has 7 nitrogen and oxygen atoms in total. The van der Waals surface area contributed by atoms with Gasteiger partial charge >= 0.3 is 0 Å². The second kappa shape index (κ2) is 6.72. The lowest BCUT2D eigenvalue weighted by Gasteiger charge is -2.10. The maximum absolute atomic E-state index is 12.9. The first-order valence-corrected chi connectivity index (χ1v) is 7.87. The minimum absolute atomic E-state index is 0.0681. The number of ketones is 1. The predicted molar refractivity (Wildman–Crippen MR) is 94.8 cm³/mol. The van der Waals surface area contributed by atoms with Gasteiger partial charge in [-0.25, -0.2) is 4.68 Å². The Hall–Kier alpha value is -3.61. The van der Waals surface area contributed by atoms with Gasteiger partial charge in [-0.05, 0) is 31.2 Å². The standard InChI is InChI=1S/C19H17N3O4/c1-12-16(18(24)22(21(12)2)13-8-4-3-5-9-13)20-15-11-7-6-10-14(15)17(23)19(25)26/h3-11,20H,1-2H3,(H,25,26)/p-1. The number of hydrogen-bond donors (Lipinski definition) is 1. The van der Waals surface area contributed by atoms with Crippen LogP contribution in [0.5, 0.6) is 0 Å². The van der Waals surface area contributed by atoms with Crippen LogP contribution in [0.1, 0.15) is 16.1 Å². The summed E-state index contributed by atoms with van der Waals surface area (Å²) in [7, 11) is 1.74. The highest BCUT2D eigenvalue weighted by molar-refractivity contribution is 6.40. The third kappa shape index (κ3) is 2.90. The van der Waals surface area contributed by atoms with Gasteiger partial charge in [0.1, 0.15) is 11.7 Å². The topological polar surface area (TPSA) is 96.2 Å². The summed E-state index contributed by atoms with van der Waals surface area (Å²) in [6, 6.07) is 15.2. The summed E-state index contributed by atoms with van der Waals surface area (Å²) in [4.78, 5) is 35.6. The average molecular weight is 350 g/mol. The third-order valence-electron chi connectivity index (χ3n) is 4.17. The number of nitrogens with zero attached hydrogens (tertiary/aromatic N) is 2. The summed E-state index contributed by atoms with van der Waals surface area (Å²) in [6.45, 7) is 1.76. The summed E-state index contributed by atoms with van der Waals surface area (Å²) in [5.41, 5.74) is 1.43. The lowest BCUT2D eigenvalue weighted by Crippen LogP contribution is -2.32. The Labute approximate surface area is 149 Å². The average Bonchev–Trinajstić information content (AvgIpc) is 2.85. The van der Waals surface area contributed by atoms with Gasteiger partial charge in [-0.2, -0.15) is 0 Å². The van der Waals surface area contributed by atoms with Gasteiger partial charge in [-0.15, -0.1) is 0 Å². The van der Waals surface area contributed by atoms with Gasteiger partial charge in [0.05, 0.1) is 11.4 Å². The van der Waals surface area contributed by atoms with E-state index in [-0.39, 0.29) is 22.5 Å². The van der Waals surface area contributed by atoms with Crippen LogP contribution >= 0.6 is 0 Å². The van der Waals surface area contributed by atoms with Crippen molar-refractivity contribution >= 4 is 23.1 Å². The van der Waals surface area contributed by atoms with Crippen molar-refractivity contribution in [3.05, 3.63) is 76.2 Å². The van der Waals surface area contributed by atoms with E-state index in [9.17, 15) is 19.5 Å². The van der Waals surface area contributed by atoms with Crippen molar-refractivity contribution in [2.24, 2.45) is 7.05 Å². The van der Waals surface area contributed by atoms with Crippen LogP contribution in [-0.4, -0.2) is 21.1 Å². The van der Waals surface area contributed by atoms with E-state index in [1.165, 1.54) is 16.8 Å². The third-order valence-corrected chi connectivity index (χ3v) is 4.17. The van der Waals surface area contributed by atoms with Crippen LogP contribution in [0.4, 0.5) is 11.4 Å². The molecule has 132 valence electrons. The van der Waals surface area contributed by atoms with Gasteiger partial charge in [-0.3, -0.25) is 14.3 Å². The van der Waals surface area contributed by atoms with Gasteiger partial charge in [0.15, 0.2) is 0 Å². The summed E-state index contributed by atoms with van der Waals surface area (Å²) in [5.74, 6) is -2.95. The van der Waals surface area contributed by atoms with Crippen molar-refractivity contribution in [2.75, 3.05) is 5.32 Å². The van der Waals surface area contributed by atoms with Gasteiger partial charge in [0.25, 0.3) is 5.56 Å². The number of carboxylic acid groups (broad SMARTS) is 1. The summed E-state index contributed by atoms with van der Waals surface area (Å²) in [6.07, 6.45) is 0. The van der Waals surface area contributed by atoms with Crippen molar-refractivity contribution < 1.29 is 14.7 Å². The normalized spacial score (nSPS) is 10.5. The first-order chi connectivity index (χ1) is 12.4. The molecule has 0 bridgehead atoms. The van der Waals surface area contributed by atoms with Crippen molar-refractivity contribution in [1.82, 2.24) is 9.36 Å². The molecule has 7 heteroatoms. The first-order valence-electron chi connectivity index (χ1n) is 7.87. The zero-order chi connectivity index (χ0) is 18.8. The molecule has 0 saturated carbocycles. The first kappa shape index (κ1) is 17.2. The minimum Gasteiger partial charge on any atom is -0.541 e. The van der Waals surface area contributed by atoms with E-state index in [1.54, 1.807) is 42.9 Å². The molecule has 0 aliphatic carbocycles. The number of carboxylic acids is 1. The lowest BCUT2D eigenvalue weighted by molar-refractivity contribution is -0.296. The summed E-state index contributed by atoms with van der Waals surface area (Å²) < 4.78 is 3.17. The molecule has 0 amide bonds. The predicted octanol–water partition coefficient (Wildman–Crippen LogP) is 1.16. The molecule has 2 aromatic carbocycles. The van der Waals surface area contributed by atoms with E-state index in [4.69, 9.17) is 0 Å². The van der Waals surface area contributed by atoms with E-state index in [1.807, 2.05) is 18.2 Å². The number of benzene rings is 2. The SMILES string of the molecule is Cc1c(Nc2ccccc2C(=O)C(=O)[O-])c(=O)n(-c2ccccc2)n1C. The smallest absolute Gasteiger partial charge is 0.295 e. The van der Waals surface area contributed by atoms with Crippen molar-refractivity contribution in [1.29, 1.82) is 0 Å². The van der Waals surface area contributed by atoms with Crippen molar-refractivity contribution in [3.8, 4) is 5.69 Å². The summed E-state index contributed by atoms with van der Waals surface area (Å²) >= 11 is 0. The molecule has 0 aliphatic heterocycles. The Morgan fingerprint density at radius 2 is 1.62 bits per heavy atom. The Kier molecular flexibility index (Phi) is 4.45. The Balaban J connectivity index is 2.10. The fourth-order valence-corrected chi connectivity index (χ4v) is 2.75. The molecule has 0 fully saturated rings. The fraction of sp³-hybridized carbons (Fsp3) is 0.105. The van der Waals surface area contributed by atoms with Gasteiger partial charge in [0.2, 0.25) is 5.78 Å². The molecule has 3 rings (SSSR count). The number of aliphatic carboxylic acids is 1. The van der Waals surface area contributed by atoms with Gasteiger partial charge < -0.3 is 15.2 Å². The number of carbonyl (C=O) groups excluding carboxylic acids is 2. The molecule has 0 saturated heterocycles. The van der Waals surface area contributed by atoms with E-state index >= 15 is 0 Å². The largest absolute Gasteiger partial charge is 0.541 e. The highest BCUT2D eigenvalue weighted by Crippen LogP contribution is 2.22. The van der Waals surface area contributed by atoms with Crippen molar-refractivity contribution in [2.45, 2.75) is 6.92 Å². The van der Waals surface area contributed by atoms with Crippen LogP contribution < -0.4 is 16.0 Å². The number of para-hydroxylation sites is 2. The number of anilines is 2. The maximum atomic E-state index is 12.9. The van der Waals surface area contributed by atoms with Crippen molar-refractivity contribution in [3.63, 3.8) is 0 Å². The quantitative estimate of drug-likeness (QED) is 0.550. The van der Waals surface area contributed by atoms with Crippen LogP contribution in [0.15, 0.2) is 59.4 Å². The number of carbonyl (C=O) groups is 2. The van der Waals surface area contributed by atoms with Gasteiger partial charge in [-0.1, -0.05) is 30.3 Å². The van der Waals surface area contributed by atoms with Crippen LogP contribution in [0.2, 0.25) is 0 Å². The number of rotatable bonds is 5. The number of nitrogens with one attached hydrogen (secondary N) is 1. The van der Waals surface area contributed by atoms with Crippen LogP contribution in [0, 0.1) is 6.92 Å². The van der Waals surface area contributed by atoms with E-state index in [2.05, 4.69) is 5.32 Å². The molecule has 0 spiro atoms. The minimum atomic E-state index is -1.80. The molecule has 0 atom stereocenters. The molecule has 1 heterocycles. The Bertz CT molecular complexity index is 1050. The molecular formula is C19H16N3O4-. The molecule has 26 heavy (non-hydrogen) atoms. The zero-order valence-corrected chi connectivity index (χ0v) is 14.2. The Morgan fingerprint density at radius 1 is 1.00 bits per heavy atom. The summed E-state index contributed by atoms with van der Waals surface area (Å²) in [5, 5.41) is 13.8. The molecule has 0 unspecified atom stereocenters. The monoisotopic (exact) mass is 350 g/mol. The number of aromatic nitrogens is 2. The number of Topliss-reactive ketones (excluding diaryl/α,β-unsaturated/α-hetero) is 1. The molecule has 3 aromatic rings. The molecule has 1 aromatic heterocycles. The highest BCUT2D eigenvalue weighted by Gasteiger charge is 2.19. The molecule has 0 aliphatic rings. The number of hydrogen-bond acceptors (Lipinski definition) is 5. The fourth-order valence-electron chi connectivity index (χ4n) is 2.75. The van der Waals surface area contributed by atoms with Crippen LogP contribution in [0.25, 0.3) is 5.69 Å². The second-order valence-corrected chi connectivity index (χ2v) is 5.72. The molecule has 0 radical (unpaired) electrons. The second-order valence-electron chi connectivity index (χ2n) is 5.72. The maximum Gasteiger partial charge on any atom is 0.295 e. The van der Waals surface area contributed by atoms with Crippen LogP contribution in [-0.2, 0) is 11.8 Å². The Morgan fingerprint density at radius 3 is 2.27 bits per heavy atom. The van der Waals surface area contributed by atoms with Crippen LogP contribution in [0.3, 0.4) is 0 Å².